The molecule has 2 N–H and O–H groups in total. The normalized spacial score (nSPS) is 25.8. The van der Waals surface area contributed by atoms with Crippen LogP contribution < -0.4 is 5.32 Å². The number of aliphatic carboxylic acids is 1. The van der Waals surface area contributed by atoms with E-state index in [-0.39, 0.29) is 30.1 Å². The summed E-state index contributed by atoms with van der Waals surface area (Å²) in [5.41, 5.74) is 0.119. The summed E-state index contributed by atoms with van der Waals surface area (Å²) in [4.78, 5) is 24.4. The molecule has 0 heterocycles. The van der Waals surface area contributed by atoms with Crippen molar-refractivity contribution in [3.8, 4) is 0 Å². The van der Waals surface area contributed by atoms with Gasteiger partial charge in [0.25, 0.3) is 0 Å². The van der Waals surface area contributed by atoms with Crippen molar-refractivity contribution in [1.29, 1.82) is 0 Å². The van der Waals surface area contributed by atoms with Gasteiger partial charge >= 0.3 is 12.0 Å². The number of rotatable bonds is 4. The molecule has 2 fully saturated rings. The Hall–Kier alpha value is -1.26. The molecule has 2 aliphatic rings. The number of amides is 2. The van der Waals surface area contributed by atoms with Crippen LogP contribution in [-0.2, 0) is 4.79 Å². The van der Waals surface area contributed by atoms with Crippen molar-refractivity contribution in [3.63, 3.8) is 0 Å². The predicted octanol–water partition coefficient (Wildman–Crippen LogP) is 1.82. The van der Waals surface area contributed by atoms with Crippen LogP contribution in [0.1, 0.15) is 46.0 Å². The standard InChI is InChI=1S/C13H22N2O3/c1-13(2)7-3-4-10(13)14-12(18)15(8-11(16)17)9-5-6-9/h9-10H,3-8H2,1-2H3,(H,14,18)(H,16,17). The zero-order valence-corrected chi connectivity index (χ0v) is 11.1. The molecule has 0 radical (unpaired) electrons. The molecule has 5 heteroatoms. The summed E-state index contributed by atoms with van der Waals surface area (Å²) in [6.07, 6.45) is 5.08. The molecule has 0 aromatic heterocycles. The van der Waals surface area contributed by atoms with Gasteiger partial charge in [-0.05, 0) is 31.1 Å². The summed E-state index contributed by atoms with van der Waals surface area (Å²) >= 11 is 0. The van der Waals surface area contributed by atoms with Gasteiger partial charge in [-0.15, -0.1) is 0 Å². The number of carboxylic acids is 1. The Morgan fingerprint density at radius 1 is 1.33 bits per heavy atom. The van der Waals surface area contributed by atoms with Crippen LogP contribution in [-0.4, -0.2) is 40.6 Å². The molecule has 0 aromatic carbocycles. The van der Waals surface area contributed by atoms with Crippen LogP contribution in [0.3, 0.4) is 0 Å². The maximum Gasteiger partial charge on any atom is 0.323 e. The Labute approximate surface area is 108 Å². The number of hydrogen-bond acceptors (Lipinski definition) is 2. The van der Waals surface area contributed by atoms with Gasteiger partial charge in [-0.25, -0.2) is 4.79 Å². The molecule has 0 saturated heterocycles. The maximum absolute atomic E-state index is 12.2. The average molecular weight is 254 g/mol. The first kappa shape index (κ1) is 13.2. The first-order chi connectivity index (χ1) is 8.40. The third-order valence-corrected chi connectivity index (χ3v) is 4.11. The van der Waals surface area contributed by atoms with Crippen LogP contribution in [0.2, 0.25) is 0 Å². The van der Waals surface area contributed by atoms with Gasteiger partial charge in [0.1, 0.15) is 6.54 Å². The molecule has 0 aliphatic heterocycles. The van der Waals surface area contributed by atoms with E-state index >= 15 is 0 Å². The lowest BCUT2D eigenvalue weighted by atomic mass is 9.87. The zero-order valence-electron chi connectivity index (χ0n) is 11.1. The number of carbonyl (C=O) groups excluding carboxylic acids is 1. The van der Waals surface area contributed by atoms with Crippen molar-refractivity contribution >= 4 is 12.0 Å². The summed E-state index contributed by atoms with van der Waals surface area (Å²) in [5.74, 6) is -0.942. The van der Waals surface area contributed by atoms with Crippen LogP contribution >= 0.6 is 0 Å². The van der Waals surface area contributed by atoms with Crippen molar-refractivity contribution in [2.45, 2.75) is 58.0 Å². The highest BCUT2D eigenvalue weighted by Crippen LogP contribution is 2.37. The summed E-state index contributed by atoms with van der Waals surface area (Å²) in [5, 5.41) is 11.9. The van der Waals surface area contributed by atoms with E-state index in [4.69, 9.17) is 5.11 Å². The highest BCUT2D eigenvalue weighted by atomic mass is 16.4. The maximum atomic E-state index is 12.2. The summed E-state index contributed by atoms with van der Waals surface area (Å²) in [6.45, 7) is 4.12. The summed E-state index contributed by atoms with van der Waals surface area (Å²) in [6, 6.07) is 0.0885. The smallest absolute Gasteiger partial charge is 0.323 e. The number of hydrogen-bond donors (Lipinski definition) is 2. The molecule has 0 bridgehead atoms. The summed E-state index contributed by atoms with van der Waals surface area (Å²) in [7, 11) is 0. The fourth-order valence-corrected chi connectivity index (χ4v) is 2.72. The largest absolute Gasteiger partial charge is 0.480 e. The Bertz CT molecular complexity index is 350. The van der Waals surface area contributed by atoms with E-state index in [1.165, 1.54) is 4.90 Å². The monoisotopic (exact) mass is 254 g/mol. The lowest BCUT2D eigenvalue weighted by molar-refractivity contribution is -0.137. The van der Waals surface area contributed by atoms with Crippen molar-refractivity contribution in [2.75, 3.05) is 6.54 Å². The number of nitrogens with zero attached hydrogens (tertiary/aromatic N) is 1. The van der Waals surface area contributed by atoms with E-state index in [2.05, 4.69) is 19.2 Å². The van der Waals surface area contributed by atoms with E-state index in [0.29, 0.717) is 0 Å². The number of carboxylic acid groups (broad SMARTS) is 1. The molecule has 1 atom stereocenters. The van der Waals surface area contributed by atoms with Crippen molar-refractivity contribution in [1.82, 2.24) is 10.2 Å². The Morgan fingerprint density at radius 3 is 2.44 bits per heavy atom. The molecule has 2 amide bonds. The Balaban J connectivity index is 1.94. The fourth-order valence-electron chi connectivity index (χ4n) is 2.72. The van der Waals surface area contributed by atoms with E-state index < -0.39 is 5.97 Å². The van der Waals surface area contributed by atoms with Crippen LogP contribution in [0, 0.1) is 5.41 Å². The number of urea groups is 1. The van der Waals surface area contributed by atoms with Crippen LogP contribution in [0.5, 0.6) is 0 Å². The minimum absolute atomic E-state index is 0.119. The van der Waals surface area contributed by atoms with Gasteiger partial charge in [0.15, 0.2) is 0 Å². The molecule has 0 aromatic rings. The van der Waals surface area contributed by atoms with Crippen molar-refractivity contribution in [3.05, 3.63) is 0 Å². The van der Waals surface area contributed by atoms with E-state index in [9.17, 15) is 9.59 Å². The van der Waals surface area contributed by atoms with Gasteiger partial charge in [-0.1, -0.05) is 20.3 Å². The second kappa shape index (κ2) is 4.78. The predicted molar refractivity (Wildman–Crippen MR) is 67.3 cm³/mol. The molecule has 2 aliphatic carbocycles. The molecule has 102 valence electrons. The SMILES string of the molecule is CC1(C)CCCC1NC(=O)N(CC(=O)O)C1CC1. The third kappa shape index (κ3) is 2.94. The van der Waals surface area contributed by atoms with Gasteiger partial charge in [-0.3, -0.25) is 4.79 Å². The van der Waals surface area contributed by atoms with Crippen LogP contribution in [0.15, 0.2) is 0 Å². The quantitative estimate of drug-likeness (QED) is 0.804. The highest BCUT2D eigenvalue weighted by Gasteiger charge is 2.39. The minimum Gasteiger partial charge on any atom is -0.480 e. The second-order valence-corrected chi connectivity index (χ2v) is 6.14. The molecule has 1 unspecified atom stereocenters. The molecular formula is C13H22N2O3. The van der Waals surface area contributed by atoms with E-state index in [0.717, 1.165) is 32.1 Å². The highest BCUT2D eigenvalue weighted by molar-refractivity contribution is 5.81. The van der Waals surface area contributed by atoms with Crippen molar-refractivity contribution < 1.29 is 14.7 Å². The molecule has 18 heavy (non-hydrogen) atoms. The average Bonchev–Trinajstić information content (AvgIpc) is 3.03. The number of nitrogens with one attached hydrogen (secondary N) is 1. The first-order valence-electron chi connectivity index (χ1n) is 6.69. The van der Waals surface area contributed by atoms with E-state index in [1.807, 2.05) is 0 Å². The van der Waals surface area contributed by atoms with Gasteiger partial charge < -0.3 is 15.3 Å². The molecule has 2 saturated carbocycles. The second-order valence-electron chi connectivity index (χ2n) is 6.14. The molecule has 0 spiro atoms. The Kier molecular flexibility index (Phi) is 3.50. The van der Waals surface area contributed by atoms with Gasteiger partial charge in [-0.2, -0.15) is 0 Å². The fraction of sp³-hybridized carbons (Fsp3) is 0.846. The molecule has 5 nitrogen and oxygen atoms in total. The van der Waals surface area contributed by atoms with Gasteiger partial charge in [0.05, 0.1) is 0 Å². The first-order valence-corrected chi connectivity index (χ1v) is 6.69. The molecular weight excluding hydrogens is 232 g/mol. The number of carbonyl (C=O) groups is 2. The third-order valence-electron chi connectivity index (χ3n) is 4.11. The van der Waals surface area contributed by atoms with Crippen molar-refractivity contribution in [2.24, 2.45) is 5.41 Å². The van der Waals surface area contributed by atoms with Gasteiger partial charge in [0.2, 0.25) is 0 Å². The van der Waals surface area contributed by atoms with Gasteiger partial charge in [0, 0.05) is 12.1 Å². The lowest BCUT2D eigenvalue weighted by Crippen LogP contribution is -2.50. The van der Waals surface area contributed by atoms with E-state index in [1.54, 1.807) is 0 Å². The molecule has 2 rings (SSSR count). The topological polar surface area (TPSA) is 69.6 Å². The minimum atomic E-state index is -0.942. The lowest BCUT2D eigenvalue weighted by Gasteiger charge is -2.30. The summed E-state index contributed by atoms with van der Waals surface area (Å²) < 4.78 is 0. The van der Waals surface area contributed by atoms with Crippen LogP contribution in [0.4, 0.5) is 4.79 Å². The Morgan fingerprint density at radius 2 is 2.00 bits per heavy atom. The van der Waals surface area contributed by atoms with Crippen LogP contribution in [0.25, 0.3) is 0 Å². The zero-order chi connectivity index (χ0) is 13.3.